The number of ether oxygens (including phenoxy) is 1. The summed E-state index contributed by atoms with van der Waals surface area (Å²) in [5.74, 6) is 0.0165. The van der Waals surface area contributed by atoms with Gasteiger partial charge in [-0.25, -0.2) is 4.98 Å². The van der Waals surface area contributed by atoms with Gasteiger partial charge >= 0.3 is 6.18 Å². The van der Waals surface area contributed by atoms with E-state index in [1.54, 1.807) is 6.92 Å². The predicted octanol–water partition coefficient (Wildman–Crippen LogP) is 2.39. The summed E-state index contributed by atoms with van der Waals surface area (Å²) >= 11 is 0. The molecule has 119 valence electrons. The monoisotopic (exact) mass is 398 g/mol. The molecule has 0 fully saturated rings. The van der Waals surface area contributed by atoms with E-state index in [1.807, 2.05) is 0 Å². The molecule has 3 heterocycles. The molecule has 2 N–H and O–H groups in total. The van der Waals surface area contributed by atoms with Crippen molar-refractivity contribution in [3.63, 3.8) is 0 Å². The van der Waals surface area contributed by atoms with Crippen molar-refractivity contribution in [3.8, 4) is 0 Å². The first-order chi connectivity index (χ1) is 10.4. The number of nitrogen functional groups attached to an aromatic ring is 1. The molecule has 0 saturated carbocycles. The first kappa shape index (κ1) is 18.2. The number of hydrogen-bond acceptors (Lipinski definition) is 5. The van der Waals surface area contributed by atoms with E-state index in [-0.39, 0.29) is 57.2 Å². The number of alkyl halides is 3. The summed E-state index contributed by atoms with van der Waals surface area (Å²) in [5.41, 5.74) is 6.59. The van der Waals surface area contributed by atoms with Crippen LogP contribution >= 0.6 is 0 Å². The first-order valence-electron chi connectivity index (χ1n) is 6.54. The van der Waals surface area contributed by atoms with Crippen molar-refractivity contribution in [1.82, 2.24) is 15.0 Å². The minimum Gasteiger partial charge on any atom is -0.384 e. The minimum atomic E-state index is -4.52. The number of aryl methyl sites for hydroxylation is 1. The standard InChI is InChI=1S/C14H12F3N4O.Y/c1-7-8-5-22-11(4-10(8)20-6-19-7)13-9(14(15,16)17)2-3-12(18)21-13;/h2-3,11H,4-5H2,1H3,(H2,18,21);/q-1;. The molecule has 1 radical (unpaired) electrons. The molecular weight excluding hydrogens is 386 g/mol. The summed E-state index contributed by atoms with van der Waals surface area (Å²) < 4.78 is 44.9. The minimum absolute atomic E-state index is 0. The zero-order chi connectivity index (χ0) is 15.9. The summed E-state index contributed by atoms with van der Waals surface area (Å²) in [6.07, 6.45) is -2.70. The van der Waals surface area contributed by atoms with Gasteiger partial charge in [-0.15, -0.1) is 0 Å². The second kappa shape index (κ2) is 6.79. The Kier molecular flexibility index (Phi) is 5.38. The SMILES string of the molecule is Cc1n[c-]nc2c1COC(c1nc(N)ccc1C(F)(F)F)C2.[Y]. The van der Waals surface area contributed by atoms with Crippen LogP contribution in [0, 0.1) is 13.3 Å². The van der Waals surface area contributed by atoms with Crippen LogP contribution in [0.1, 0.15) is 34.3 Å². The van der Waals surface area contributed by atoms with Crippen molar-refractivity contribution >= 4 is 5.82 Å². The molecule has 23 heavy (non-hydrogen) atoms. The van der Waals surface area contributed by atoms with Gasteiger partial charge in [-0.3, -0.25) is 0 Å². The Morgan fingerprint density at radius 3 is 2.74 bits per heavy atom. The molecule has 5 nitrogen and oxygen atoms in total. The second-order valence-electron chi connectivity index (χ2n) is 5.00. The zero-order valence-corrected chi connectivity index (χ0v) is 15.0. The van der Waals surface area contributed by atoms with E-state index in [4.69, 9.17) is 10.5 Å². The van der Waals surface area contributed by atoms with Gasteiger partial charge in [-0.2, -0.15) is 13.2 Å². The Hall–Kier alpha value is -1.12. The number of rotatable bonds is 1. The van der Waals surface area contributed by atoms with Crippen LogP contribution in [-0.4, -0.2) is 15.0 Å². The maximum atomic E-state index is 13.1. The Balaban J connectivity index is 0.00000192. The van der Waals surface area contributed by atoms with Crippen LogP contribution in [0.5, 0.6) is 0 Å². The van der Waals surface area contributed by atoms with E-state index in [2.05, 4.69) is 21.3 Å². The number of aromatic nitrogens is 3. The van der Waals surface area contributed by atoms with Gasteiger partial charge in [0, 0.05) is 39.0 Å². The predicted molar refractivity (Wildman–Crippen MR) is 70.5 cm³/mol. The third-order valence-corrected chi connectivity index (χ3v) is 3.55. The van der Waals surface area contributed by atoms with Crippen molar-refractivity contribution in [3.05, 3.63) is 46.7 Å². The molecule has 0 amide bonds. The molecule has 1 unspecified atom stereocenters. The van der Waals surface area contributed by atoms with Gasteiger partial charge in [0.25, 0.3) is 0 Å². The van der Waals surface area contributed by atoms with Gasteiger partial charge in [0.05, 0.1) is 24.0 Å². The largest absolute Gasteiger partial charge is 0.418 e. The Morgan fingerprint density at radius 2 is 2.04 bits per heavy atom. The van der Waals surface area contributed by atoms with Crippen molar-refractivity contribution < 1.29 is 50.6 Å². The van der Waals surface area contributed by atoms with Gasteiger partial charge in [0.1, 0.15) is 5.82 Å². The fourth-order valence-corrected chi connectivity index (χ4v) is 2.43. The molecule has 1 aliphatic heterocycles. The average molecular weight is 398 g/mol. The number of pyridine rings is 1. The van der Waals surface area contributed by atoms with Gasteiger partial charge in [-0.1, -0.05) is 23.9 Å². The molecule has 0 aliphatic carbocycles. The van der Waals surface area contributed by atoms with E-state index in [1.165, 1.54) is 0 Å². The molecule has 0 aromatic carbocycles. The molecule has 1 aliphatic rings. The normalized spacial score (nSPS) is 17.3. The number of nitrogens with two attached hydrogens (primary N) is 1. The number of anilines is 1. The second-order valence-corrected chi connectivity index (χ2v) is 5.00. The molecule has 0 bridgehead atoms. The molecule has 3 rings (SSSR count). The van der Waals surface area contributed by atoms with Gasteiger partial charge < -0.3 is 20.4 Å². The maximum absolute atomic E-state index is 13.1. The van der Waals surface area contributed by atoms with E-state index < -0.39 is 17.8 Å². The summed E-state index contributed by atoms with van der Waals surface area (Å²) in [5, 5.41) is 0. The van der Waals surface area contributed by atoms with E-state index in [9.17, 15) is 13.2 Å². The van der Waals surface area contributed by atoms with Gasteiger partial charge in [-0.05, 0) is 18.6 Å². The Morgan fingerprint density at radius 1 is 1.30 bits per heavy atom. The molecule has 0 saturated heterocycles. The molecule has 9 heteroatoms. The average Bonchev–Trinajstić information content (AvgIpc) is 2.46. The van der Waals surface area contributed by atoms with Crippen LogP contribution < -0.4 is 5.73 Å². The zero-order valence-electron chi connectivity index (χ0n) is 12.2. The van der Waals surface area contributed by atoms with Crippen LogP contribution in [0.2, 0.25) is 0 Å². The van der Waals surface area contributed by atoms with Crippen molar-refractivity contribution in [2.75, 3.05) is 5.73 Å². The number of halogens is 3. The summed E-state index contributed by atoms with van der Waals surface area (Å²) in [4.78, 5) is 11.8. The first-order valence-corrected chi connectivity index (χ1v) is 6.54. The molecule has 1 atom stereocenters. The Labute approximate surface area is 155 Å². The number of fused-ring (bicyclic) bond motifs is 1. The molecular formula is C14H12F3N4OY-. The van der Waals surface area contributed by atoms with E-state index in [0.29, 0.717) is 11.4 Å². The van der Waals surface area contributed by atoms with Crippen LogP contribution in [0.25, 0.3) is 0 Å². The van der Waals surface area contributed by atoms with Crippen molar-refractivity contribution in [1.29, 1.82) is 0 Å². The maximum Gasteiger partial charge on any atom is 0.418 e. The van der Waals surface area contributed by atoms with Crippen LogP contribution in [0.15, 0.2) is 12.1 Å². The van der Waals surface area contributed by atoms with Gasteiger partial charge in [0.2, 0.25) is 0 Å². The third-order valence-electron chi connectivity index (χ3n) is 3.55. The summed E-state index contributed by atoms with van der Waals surface area (Å²) in [7, 11) is 0. The quantitative estimate of drug-likeness (QED) is 0.747. The van der Waals surface area contributed by atoms with Crippen molar-refractivity contribution in [2.45, 2.75) is 32.2 Å². The van der Waals surface area contributed by atoms with Crippen LogP contribution in [-0.2, 0) is 56.7 Å². The van der Waals surface area contributed by atoms with E-state index in [0.717, 1.165) is 17.7 Å². The van der Waals surface area contributed by atoms with E-state index >= 15 is 0 Å². The van der Waals surface area contributed by atoms with Crippen LogP contribution in [0.4, 0.5) is 19.0 Å². The third kappa shape index (κ3) is 3.70. The van der Waals surface area contributed by atoms with Gasteiger partial charge in [0.15, 0.2) is 0 Å². The summed E-state index contributed by atoms with van der Waals surface area (Å²) in [6, 6.07) is 2.05. The van der Waals surface area contributed by atoms with Crippen molar-refractivity contribution in [2.24, 2.45) is 0 Å². The number of hydrogen-bond donors (Lipinski definition) is 1. The fraction of sp³-hybridized carbons (Fsp3) is 0.357. The molecule has 2 aromatic rings. The molecule has 2 aromatic heterocycles. The smallest absolute Gasteiger partial charge is 0.384 e. The topological polar surface area (TPSA) is 73.9 Å². The number of nitrogens with zero attached hydrogens (tertiary/aromatic N) is 3. The summed E-state index contributed by atoms with van der Waals surface area (Å²) in [6.45, 7) is 1.91. The fourth-order valence-electron chi connectivity index (χ4n) is 2.43. The molecule has 0 spiro atoms. The Bertz CT molecular complexity index is 724. The van der Waals surface area contributed by atoms with Crippen LogP contribution in [0.3, 0.4) is 0 Å².